The number of nitrogens with zero attached hydrogens (tertiary/aromatic N) is 2. The Hall–Kier alpha value is -2.16. The number of hydrogen-bond acceptors (Lipinski definition) is 5. The molecule has 1 saturated heterocycles. The zero-order valence-corrected chi connectivity index (χ0v) is 14.9. The van der Waals surface area contributed by atoms with E-state index >= 15 is 0 Å². The summed E-state index contributed by atoms with van der Waals surface area (Å²) in [5, 5.41) is 9.05. The summed E-state index contributed by atoms with van der Waals surface area (Å²) >= 11 is 0. The first-order valence-corrected chi connectivity index (χ1v) is 9.34. The number of rotatable bonds is 4. The quantitative estimate of drug-likeness (QED) is 0.892. The zero-order chi connectivity index (χ0) is 18.2. The Morgan fingerprint density at radius 2 is 1.92 bits per heavy atom. The Morgan fingerprint density at radius 1 is 1.24 bits per heavy atom. The van der Waals surface area contributed by atoms with Gasteiger partial charge < -0.3 is 14.4 Å². The van der Waals surface area contributed by atoms with Crippen LogP contribution in [0.4, 0.5) is 0 Å². The smallest absolute Gasteiger partial charge is 0.371 e. The highest BCUT2D eigenvalue weighted by Gasteiger charge is 2.38. The van der Waals surface area contributed by atoms with Crippen LogP contribution < -0.4 is 0 Å². The number of carboxylic acids is 1. The lowest BCUT2D eigenvalue weighted by Gasteiger charge is -2.39. The first-order chi connectivity index (χ1) is 11.8. The van der Waals surface area contributed by atoms with E-state index in [-0.39, 0.29) is 22.5 Å². The second-order valence-corrected chi connectivity index (χ2v) is 8.00. The van der Waals surface area contributed by atoms with Gasteiger partial charge >= 0.3 is 5.97 Å². The molecule has 1 aromatic carbocycles. The van der Waals surface area contributed by atoms with Crippen LogP contribution in [-0.2, 0) is 10.0 Å². The van der Waals surface area contributed by atoms with Gasteiger partial charge in [0.25, 0.3) is 0 Å². The lowest BCUT2D eigenvalue weighted by atomic mass is 10.1. The van der Waals surface area contributed by atoms with Gasteiger partial charge in [-0.15, -0.1) is 0 Å². The Kier molecular flexibility index (Phi) is 4.68. The van der Waals surface area contributed by atoms with Crippen LogP contribution in [0.25, 0.3) is 0 Å². The number of hydrogen-bond donors (Lipinski definition) is 1. The summed E-state index contributed by atoms with van der Waals surface area (Å²) in [5.74, 6) is -1.58. The van der Waals surface area contributed by atoms with Crippen molar-refractivity contribution in [3.05, 3.63) is 53.5 Å². The van der Waals surface area contributed by atoms with Crippen molar-refractivity contribution in [3.63, 3.8) is 0 Å². The van der Waals surface area contributed by atoms with Gasteiger partial charge in [-0.25, -0.2) is 13.2 Å². The number of aryl methyl sites for hydroxylation is 1. The molecule has 1 atom stereocenters. The monoisotopic (exact) mass is 364 g/mol. The molecule has 0 bridgehead atoms. The molecule has 134 valence electrons. The maximum atomic E-state index is 13.2. The molecule has 1 aliphatic heterocycles. The van der Waals surface area contributed by atoms with Crippen molar-refractivity contribution in [3.8, 4) is 0 Å². The highest BCUT2D eigenvalue weighted by molar-refractivity contribution is 7.89. The number of furan rings is 1. The van der Waals surface area contributed by atoms with E-state index in [4.69, 9.17) is 9.52 Å². The minimum Gasteiger partial charge on any atom is -0.475 e. The van der Waals surface area contributed by atoms with E-state index in [9.17, 15) is 13.2 Å². The van der Waals surface area contributed by atoms with Crippen LogP contribution in [-0.4, -0.2) is 55.4 Å². The molecule has 2 aromatic rings. The number of sulfonamides is 1. The fraction of sp³-hybridized carbons (Fsp3) is 0.353. The molecule has 25 heavy (non-hydrogen) atoms. The van der Waals surface area contributed by atoms with E-state index in [1.807, 2.05) is 37.4 Å². The van der Waals surface area contributed by atoms with Gasteiger partial charge in [0, 0.05) is 25.7 Å². The van der Waals surface area contributed by atoms with Crippen LogP contribution in [0.2, 0.25) is 0 Å². The van der Waals surface area contributed by atoms with Crippen molar-refractivity contribution in [1.82, 2.24) is 9.21 Å². The van der Waals surface area contributed by atoms with Crippen molar-refractivity contribution < 1.29 is 22.7 Å². The summed E-state index contributed by atoms with van der Waals surface area (Å²) in [7, 11) is -1.93. The van der Waals surface area contributed by atoms with E-state index in [0.29, 0.717) is 19.6 Å². The lowest BCUT2D eigenvalue weighted by Crippen LogP contribution is -2.49. The van der Waals surface area contributed by atoms with Crippen molar-refractivity contribution in [2.24, 2.45) is 0 Å². The maximum Gasteiger partial charge on any atom is 0.371 e. The minimum atomic E-state index is -3.88. The molecule has 8 heteroatoms. The number of benzene rings is 1. The SMILES string of the molecule is Cc1oc(C(=O)O)cc1S(=O)(=O)N1CCN(C)C[C@@H]1c1ccccc1. The van der Waals surface area contributed by atoms with E-state index in [1.54, 1.807) is 0 Å². The number of carboxylic acid groups (broad SMARTS) is 1. The Labute approximate surface area is 146 Å². The summed E-state index contributed by atoms with van der Waals surface area (Å²) in [6.45, 7) is 2.95. The Morgan fingerprint density at radius 3 is 2.52 bits per heavy atom. The van der Waals surface area contributed by atoms with Gasteiger partial charge in [-0.05, 0) is 19.5 Å². The normalized spacial score (nSPS) is 19.8. The predicted octanol–water partition coefficient (Wildman–Crippen LogP) is 1.96. The molecule has 3 rings (SSSR count). The van der Waals surface area contributed by atoms with Gasteiger partial charge in [0.05, 0.1) is 6.04 Å². The van der Waals surface area contributed by atoms with Crippen LogP contribution >= 0.6 is 0 Å². The maximum absolute atomic E-state index is 13.2. The predicted molar refractivity (Wildman–Crippen MR) is 91.0 cm³/mol. The highest BCUT2D eigenvalue weighted by atomic mass is 32.2. The third-order valence-corrected chi connectivity index (χ3v) is 6.40. The minimum absolute atomic E-state index is 0.0862. The summed E-state index contributed by atoms with van der Waals surface area (Å²) in [6.07, 6.45) is 0. The molecule has 0 radical (unpaired) electrons. The van der Waals surface area contributed by atoms with Crippen molar-refractivity contribution in [2.45, 2.75) is 17.9 Å². The molecule has 2 heterocycles. The van der Waals surface area contributed by atoms with Crippen molar-refractivity contribution in [2.75, 3.05) is 26.7 Å². The average Bonchev–Trinajstić information content (AvgIpc) is 2.98. The van der Waals surface area contributed by atoms with Gasteiger partial charge in [-0.1, -0.05) is 30.3 Å². The van der Waals surface area contributed by atoms with Crippen LogP contribution in [0.15, 0.2) is 45.7 Å². The molecule has 1 fully saturated rings. The van der Waals surface area contributed by atoms with Crippen molar-refractivity contribution >= 4 is 16.0 Å². The molecule has 0 saturated carbocycles. The first-order valence-electron chi connectivity index (χ1n) is 7.90. The lowest BCUT2D eigenvalue weighted by molar-refractivity contribution is 0.0661. The highest BCUT2D eigenvalue weighted by Crippen LogP contribution is 2.33. The average molecular weight is 364 g/mol. The zero-order valence-electron chi connectivity index (χ0n) is 14.0. The topological polar surface area (TPSA) is 91.1 Å². The molecular weight excluding hydrogens is 344 g/mol. The van der Waals surface area contributed by atoms with Gasteiger partial charge in [0.15, 0.2) is 0 Å². The van der Waals surface area contributed by atoms with Gasteiger partial charge in [-0.2, -0.15) is 4.31 Å². The molecule has 0 spiro atoms. The van der Waals surface area contributed by atoms with Crippen LogP contribution in [0.1, 0.15) is 27.9 Å². The molecule has 1 N–H and O–H groups in total. The van der Waals surface area contributed by atoms with Gasteiger partial charge in [0.2, 0.25) is 15.8 Å². The fourth-order valence-electron chi connectivity index (χ4n) is 3.09. The molecular formula is C17H20N2O5S. The Balaban J connectivity index is 2.03. The molecule has 7 nitrogen and oxygen atoms in total. The van der Waals surface area contributed by atoms with Crippen LogP contribution in [0.3, 0.4) is 0 Å². The van der Waals surface area contributed by atoms with Gasteiger partial charge in [0.1, 0.15) is 10.7 Å². The number of aromatic carboxylic acids is 1. The fourth-order valence-corrected chi connectivity index (χ4v) is 4.85. The Bertz CT molecular complexity index is 876. The van der Waals surface area contributed by atoms with E-state index in [1.165, 1.54) is 11.2 Å². The molecule has 0 amide bonds. The molecule has 1 aliphatic rings. The van der Waals surface area contributed by atoms with Crippen LogP contribution in [0.5, 0.6) is 0 Å². The first kappa shape index (κ1) is 17.7. The largest absolute Gasteiger partial charge is 0.475 e. The van der Waals surface area contributed by atoms with E-state index < -0.39 is 16.0 Å². The third kappa shape index (κ3) is 3.33. The third-order valence-electron chi connectivity index (χ3n) is 4.39. The van der Waals surface area contributed by atoms with Gasteiger partial charge in [-0.3, -0.25) is 0 Å². The van der Waals surface area contributed by atoms with E-state index in [2.05, 4.69) is 4.90 Å². The second kappa shape index (κ2) is 6.62. The molecule has 1 aromatic heterocycles. The molecule has 0 aliphatic carbocycles. The molecule has 0 unspecified atom stereocenters. The number of likely N-dealkylation sites (N-methyl/N-ethyl adjacent to an activating group) is 1. The number of piperazine rings is 1. The summed E-state index contributed by atoms with van der Waals surface area (Å²) in [6, 6.07) is 10.2. The summed E-state index contributed by atoms with van der Waals surface area (Å²) in [4.78, 5) is 13.1. The summed E-state index contributed by atoms with van der Waals surface area (Å²) in [5.41, 5.74) is 0.900. The van der Waals surface area contributed by atoms with Crippen LogP contribution in [0, 0.1) is 6.92 Å². The number of carbonyl (C=O) groups is 1. The summed E-state index contributed by atoms with van der Waals surface area (Å²) < 4.78 is 32.9. The standard InChI is InChI=1S/C17H20N2O5S/c1-12-16(10-15(24-12)17(20)21)25(22,23)19-9-8-18(2)11-14(19)13-6-4-3-5-7-13/h3-7,10,14H,8-9,11H2,1-2H3,(H,20,21)/t14-/m1/s1. The van der Waals surface area contributed by atoms with Crippen molar-refractivity contribution in [1.29, 1.82) is 0 Å². The van der Waals surface area contributed by atoms with E-state index in [0.717, 1.165) is 11.6 Å². The second-order valence-electron chi connectivity index (χ2n) is 6.14.